The molecule has 0 N–H and O–H groups in total. The summed E-state index contributed by atoms with van der Waals surface area (Å²) in [4.78, 5) is 12.2. The molecule has 1 aliphatic carbocycles. The standard InChI is InChI=1S/C17H24O4/c1-4-20-16-9-8-13(10-12(16)2)17(18)21-15-7-5-6-14(11-15)19-3/h8-10,14-15H,4-7,11H2,1-3H3. The number of benzene rings is 1. The lowest BCUT2D eigenvalue weighted by Crippen LogP contribution is -2.29. The van der Waals surface area contributed by atoms with E-state index in [2.05, 4.69) is 0 Å². The molecule has 0 bridgehead atoms. The van der Waals surface area contributed by atoms with Crippen molar-refractivity contribution in [3.05, 3.63) is 29.3 Å². The molecule has 0 radical (unpaired) electrons. The fourth-order valence-corrected chi connectivity index (χ4v) is 2.74. The second-order valence-electron chi connectivity index (χ2n) is 5.46. The summed E-state index contributed by atoms with van der Waals surface area (Å²) in [5.74, 6) is 0.550. The van der Waals surface area contributed by atoms with E-state index in [0.717, 1.165) is 37.0 Å². The van der Waals surface area contributed by atoms with Gasteiger partial charge >= 0.3 is 5.97 Å². The Morgan fingerprint density at radius 2 is 2.05 bits per heavy atom. The van der Waals surface area contributed by atoms with Gasteiger partial charge in [-0.25, -0.2) is 4.79 Å². The second-order valence-corrected chi connectivity index (χ2v) is 5.46. The van der Waals surface area contributed by atoms with Gasteiger partial charge in [0.1, 0.15) is 11.9 Å². The van der Waals surface area contributed by atoms with E-state index in [0.29, 0.717) is 12.2 Å². The highest BCUT2D eigenvalue weighted by atomic mass is 16.5. The number of rotatable bonds is 5. The van der Waals surface area contributed by atoms with E-state index < -0.39 is 0 Å². The predicted octanol–water partition coefficient (Wildman–Crippen LogP) is 3.51. The van der Waals surface area contributed by atoms with Crippen LogP contribution in [0.25, 0.3) is 0 Å². The summed E-state index contributed by atoms with van der Waals surface area (Å²) in [5, 5.41) is 0. The molecule has 0 heterocycles. The van der Waals surface area contributed by atoms with Crippen LogP contribution in [0.5, 0.6) is 5.75 Å². The summed E-state index contributed by atoms with van der Waals surface area (Å²) >= 11 is 0. The molecule has 1 aromatic rings. The van der Waals surface area contributed by atoms with Crippen molar-refractivity contribution in [3.63, 3.8) is 0 Å². The van der Waals surface area contributed by atoms with Gasteiger partial charge < -0.3 is 14.2 Å². The number of carbonyl (C=O) groups excluding carboxylic acids is 1. The van der Waals surface area contributed by atoms with Gasteiger partial charge in [-0.15, -0.1) is 0 Å². The van der Waals surface area contributed by atoms with Gasteiger partial charge in [0.2, 0.25) is 0 Å². The minimum atomic E-state index is -0.261. The predicted molar refractivity (Wildman–Crippen MR) is 80.8 cm³/mol. The second kappa shape index (κ2) is 7.46. The third-order valence-electron chi connectivity index (χ3n) is 3.90. The van der Waals surface area contributed by atoms with Gasteiger partial charge in [0.05, 0.1) is 18.3 Å². The maximum absolute atomic E-state index is 12.2. The minimum absolute atomic E-state index is 0.0388. The van der Waals surface area contributed by atoms with Crippen molar-refractivity contribution in [1.29, 1.82) is 0 Å². The molecular formula is C17H24O4. The van der Waals surface area contributed by atoms with Crippen LogP contribution < -0.4 is 4.74 Å². The Hall–Kier alpha value is -1.55. The van der Waals surface area contributed by atoms with Gasteiger partial charge in [-0.2, -0.15) is 0 Å². The van der Waals surface area contributed by atoms with Crippen molar-refractivity contribution in [2.24, 2.45) is 0 Å². The number of esters is 1. The lowest BCUT2D eigenvalue weighted by molar-refractivity contribution is -0.0149. The molecule has 2 unspecified atom stereocenters. The summed E-state index contributed by atoms with van der Waals surface area (Å²) in [7, 11) is 1.71. The summed E-state index contributed by atoms with van der Waals surface area (Å²) in [6.45, 7) is 4.49. The highest BCUT2D eigenvalue weighted by Crippen LogP contribution is 2.25. The van der Waals surface area contributed by atoms with Crippen molar-refractivity contribution in [3.8, 4) is 5.75 Å². The summed E-state index contributed by atoms with van der Waals surface area (Å²) in [6.07, 6.45) is 3.97. The highest BCUT2D eigenvalue weighted by Gasteiger charge is 2.25. The lowest BCUT2D eigenvalue weighted by atomic mass is 9.95. The summed E-state index contributed by atoms with van der Waals surface area (Å²) in [6, 6.07) is 5.41. The van der Waals surface area contributed by atoms with E-state index in [4.69, 9.17) is 14.2 Å². The number of ether oxygens (including phenoxy) is 3. The molecule has 1 fully saturated rings. The first-order valence-electron chi connectivity index (χ1n) is 7.61. The number of methoxy groups -OCH3 is 1. The van der Waals surface area contributed by atoms with E-state index in [-0.39, 0.29) is 18.2 Å². The lowest BCUT2D eigenvalue weighted by Gasteiger charge is -2.27. The van der Waals surface area contributed by atoms with Crippen molar-refractivity contribution in [2.45, 2.75) is 51.7 Å². The van der Waals surface area contributed by atoms with E-state index in [1.165, 1.54) is 0 Å². The van der Waals surface area contributed by atoms with Crippen molar-refractivity contribution in [1.82, 2.24) is 0 Å². The van der Waals surface area contributed by atoms with Crippen LogP contribution >= 0.6 is 0 Å². The summed E-state index contributed by atoms with van der Waals surface area (Å²) < 4.78 is 16.4. The van der Waals surface area contributed by atoms with Crippen molar-refractivity contribution < 1.29 is 19.0 Å². The van der Waals surface area contributed by atoms with Gasteiger partial charge in [-0.3, -0.25) is 0 Å². The maximum Gasteiger partial charge on any atom is 0.338 e. The quantitative estimate of drug-likeness (QED) is 0.779. The van der Waals surface area contributed by atoms with Crippen molar-refractivity contribution in [2.75, 3.05) is 13.7 Å². The molecule has 1 saturated carbocycles. The van der Waals surface area contributed by atoms with E-state index in [1.54, 1.807) is 13.2 Å². The molecule has 0 aromatic heterocycles. The fourth-order valence-electron chi connectivity index (χ4n) is 2.74. The Morgan fingerprint density at radius 1 is 1.29 bits per heavy atom. The van der Waals surface area contributed by atoms with Crippen LogP contribution in [0.15, 0.2) is 18.2 Å². The number of carbonyl (C=O) groups is 1. The van der Waals surface area contributed by atoms with E-state index >= 15 is 0 Å². The molecule has 116 valence electrons. The number of aryl methyl sites for hydroxylation is 1. The molecule has 1 aromatic carbocycles. The first-order chi connectivity index (χ1) is 10.1. The van der Waals surface area contributed by atoms with Gasteiger partial charge in [0.25, 0.3) is 0 Å². The highest BCUT2D eigenvalue weighted by molar-refractivity contribution is 5.90. The van der Waals surface area contributed by atoms with Crippen LogP contribution in [0.1, 0.15) is 48.5 Å². The molecule has 21 heavy (non-hydrogen) atoms. The molecule has 0 spiro atoms. The van der Waals surface area contributed by atoms with E-state index in [9.17, 15) is 4.79 Å². The third-order valence-corrected chi connectivity index (χ3v) is 3.90. The molecule has 2 rings (SSSR count). The first kappa shape index (κ1) is 15.8. The Bertz CT molecular complexity index is 484. The molecule has 1 aliphatic rings. The van der Waals surface area contributed by atoms with E-state index in [1.807, 2.05) is 26.0 Å². The zero-order chi connectivity index (χ0) is 15.2. The largest absolute Gasteiger partial charge is 0.494 e. The topological polar surface area (TPSA) is 44.8 Å². The van der Waals surface area contributed by atoms with Gasteiger partial charge in [-0.05, 0) is 56.9 Å². The number of hydrogen-bond acceptors (Lipinski definition) is 4. The van der Waals surface area contributed by atoms with Crippen LogP contribution in [0.2, 0.25) is 0 Å². The van der Waals surface area contributed by atoms with Gasteiger partial charge in [0, 0.05) is 13.5 Å². The monoisotopic (exact) mass is 292 g/mol. The number of hydrogen-bond donors (Lipinski definition) is 0. The average Bonchev–Trinajstić information content (AvgIpc) is 2.49. The molecule has 4 nitrogen and oxygen atoms in total. The molecule has 0 amide bonds. The van der Waals surface area contributed by atoms with Crippen LogP contribution in [0.3, 0.4) is 0 Å². The molecule has 2 atom stereocenters. The van der Waals surface area contributed by atoms with Crippen LogP contribution in [0.4, 0.5) is 0 Å². The molecule has 0 aliphatic heterocycles. The third kappa shape index (κ3) is 4.21. The zero-order valence-corrected chi connectivity index (χ0v) is 13.1. The van der Waals surface area contributed by atoms with Crippen LogP contribution in [-0.2, 0) is 9.47 Å². The molecule has 4 heteroatoms. The van der Waals surface area contributed by atoms with Crippen LogP contribution in [0, 0.1) is 6.92 Å². The Labute approximate surface area is 126 Å². The first-order valence-corrected chi connectivity index (χ1v) is 7.61. The van der Waals surface area contributed by atoms with Crippen molar-refractivity contribution >= 4 is 5.97 Å². The Kier molecular flexibility index (Phi) is 5.62. The van der Waals surface area contributed by atoms with Crippen LogP contribution in [-0.4, -0.2) is 31.9 Å². The SMILES string of the molecule is CCOc1ccc(C(=O)OC2CCCC(OC)C2)cc1C. The minimum Gasteiger partial charge on any atom is -0.494 e. The average molecular weight is 292 g/mol. The van der Waals surface area contributed by atoms with Gasteiger partial charge in [0.15, 0.2) is 0 Å². The normalized spacial score (nSPS) is 21.9. The maximum atomic E-state index is 12.2. The fraction of sp³-hybridized carbons (Fsp3) is 0.588. The Balaban J connectivity index is 1.98. The Morgan fingerprint density at radius 3 is 2.71 bits per heavy atom. The smallest absolute Gasteiger partial charge is 0.338 e. The zero-order valence-electron chi connectivity index (χ0n) is 13.1. The van der Waals surface area contributed by atoms with Gasteiger partial charge in [-0.1, -0.05) is 0 Å². The molecular weight excluding hydrogens is 268 g/mol. The summed E-state index contributed by atoms with van der Waals surface area (Å²) in [5.41, 5.74) is 1.53. The molecule has 0 saturated heterocycles.